The summed E-state index contributed by atoms with van der Waals surface area (Å²) < 4.78 is 11.3. The Morgan fingerprint density at radius 1 is 0.963 bits per heavy atom. The first-order chi connectivity index (χ1) is 13.2. The Labute approximate surface area is 162 Å². The quantitative estimate of drug-likeness (QED) is 0.641. The van der Waals surface area contributed by atoms with E-state index in [4.69, 9.17) is 9.47 Å². The van der Waals surface area contributed by atoms with Crippen LogP contribution in [0, 0.1) is 0 Å². The largest absolute Gasteiger partial charge is 0.496 e. The summed E-state index contributed by atoms with van der Waals surface area (Å²) in [5.74, 6) is 1.74. The minimum absolute atomic E-state index is 0.0706. The first kappa shape index (κ1) is 20.8. The van der Waals surface area contributed by atoms with Crippen molar-refractivity contribution in [3.05, 3.63) is 59.2 Å². The third kappa shape index (κ3) is 6.63. The number of hydrogen-bond donors (Lipinski definition) is 1. The van der Waals surface area contributed by atoms with Crippen molar-refractivity contribution >= 4 is 5.91 Å². The highest BCUT2D eigenvalue weighted by Crippen LogP contribution is 2.31. The molecule has 4 heteroatoms. The van der Waals surface area contributed by atoms with E-state index in [1.165, 1.54) is 11.1 Å². The van der Waals surface area contributed by atoms with Gasteiger partial charge in [-0.2, -0.15) is 0 Å². The Morgan fingerprint density at radius 2 is 1.70 bits per heavy atom. The van der Waals surface area contributed by atoms with E-state index < -0.39 is 0 Å². The number of benzene rings is 2. The number of rotatable bonds is 11. The van der Waals surface area contributed by atoms with Gasteiger partial charge in [-0.3, -0.25) is 4.79 Å². The van der Waals surface area contributed by atoms with Crippen molar-refractivity contribution in [3.8, 4) is 11.5 Å². The highest BCUT2D eigenvalue weighted by Gasteiger charge is 2.13. The van der Waals surface area contributed by atoms with E-state index in [1.54, 1.807) is 7.11 Å². The summed E-state index contributed by atoms with van der Waals surface area (Å²) in [4.78, 5) is 12.2. The lowest BCUT2D eigenvalue weighted by Crippen LogP contribution is -2.25. The Balaban J connectivity index is 1.94. The molecule has 0 aliphatic heterocycles. The highest BCUT2D eigenvalue weighted by molar-refractivity contribution is 5.76. The molecule has 2 aromatic carbocycles. The highest BCUT2D eigenvalue weighted by atomic mass is 16.5. The van der Waals surface area contributed by atoms with Crippen molar-refractivity contribution in [1.82, 2.24) is 5.32 Å². The Morgan fingerprint density at radius 3 is 2.37 bits per heavy atom. The molecule has 0 spiro atoms. The van der Waals surface area contributed by atoms with Crippen molar-refractivity contribution < 1.29 is 14.3 Å². The predicted octanol–water partition coefficient (Wildman–Crippen LogP) is 4.34. The van der Waals surface area contributed by atoms with Crippen LogP contribution in [0.3, 0.4) is 0 Å². The number of nitrogens with one attached hydrogen (secondary N) is 1. The smallest absolute Gasteiger partial charge is 0.220 e. The van der Waals surface area contributed by atoms with Crippen molar-refractivity contribution in [1.29, 1.82) is 0 Å². The zero-order chi connectivity index (χ0) is 19.5. The average molecular weight is 370 g/mol. The second kappa shape index (κ2) is 11.3. The fourth-order valence-electron chi connectivity index (χ4n) is 3.12. The maximum Gasteiger partial charge on any atom is 0.220 e. The average Bonchev–Trinajstić information content (AvgIpc) is 2.69. The zero-order valence-electron chi connectivity index (χ0n) is 16.7. The molecule has 0 saturated heterocycles. The molecule has 0 atom stereocenters. The van der Waals surface area contributed by atoms with E-state index in [1.807, 2.05) is 31.2 Å². The lowest BCUT2D eigenvalue weighted by atomic mass is 10.0. The van der Waals surface area contributed by atoms with E-state index in [0.29, 0.717) is 26.0 Å². The molecule has 2 rings (SSSR count). The molecule has 0 unspecified atom stereocenters. The molecule has 146 valence electrons. The van der Waals surface area contributed by atoms with Gasteiger partial charge in [-0.25, -0.2) is 0 Å². The molecule has 0 radical (unpaired) electrons. The third-order valence-electron chi connectivity index (χ3n) is 4.48. The van der Waals surface area contributed by atoms with Gasteiger partial charge >= 0.3 is 0 Å². The number of amides is 1. The maximum absolute atomic E-state index is 12.2. The second-order valence-electron chi connectivity index (χ2n) is 6.54. The van der Waals surface area contributed by atoms with Gasteiger partial charge in [0.2, 0.25) is 5.91 Å². The summed E-state index contributed by atoms with van der Waals surface area (Å²) in [6, 6.07) is 14.3. The first-order valence-corrected chi connectivity index (χ1v) is 9.81. The molecule has 1 amide bonds. The fraction of sp³-hybridized carbons (Fsp3) is 0.435. The molecule has 0 saturated carbocycles. The summed E-state index contributed by atoms with van der Waals surface area (Å²) in [5, 5.41) is 3.01. The van der Waals surface area contributed by atoms with Crippen molar-refractivity contribution in [2.24, 2.45) is 0 Å². The van der Waals surface area contributed by atoms with Gasteiger partial charge in [-0.1, -0.05) is 43.7 Å². The van der Waals surface area contributed by atoms with Crippen molar-refractivity contribution in [2.45, 2.75) is 46.0 Å². The number of carbonyl (C=O) groups excluding carboxylic acids is 1. The lowest BCUT2D eigenvalue weighted by molar-refractivity contribution is -0.121. The molecular weight excluding hydrogens is 338 g/mol. The standard InChI is InChI=1S/C23H31NO3/c1-4-9-19-16-20(22(27-5-2)17-21(19)26-3)12-13-23(25)24-15-14-18-10-7-6-8-11-18/h6-8,10-11,16-17H,4-5,9,12-15H2,1-3H3,(H,24,25). The Hall–Kier alpha value is -2.49. The molecule has 2 aromatic rings. The van der Waals surface area contributed by atoms with Gasteiger partial charge in [0, 0.05) is 19.0 Å². The number of carbonyl (C=O) groups is 1. The zero-order valence-corrected chi connectivity index (χ0v) is 16.7. The molecule has 0 heterocycles. The van der Waals surface area contributed by atoms with Crippen LogP contribution in [0.5, 0.6) is 11.5 Å². The van der Waals surface area contributed by atoms with Crippen molar-refractivity contribution in [3.63, 3.8) is 0 Å². The molecule has 0 aliphatic carbocycles. The van der Waals surface area contributed by atoms with Gasteiger partial charge in [-0.15, -0.1) is 0 Å². The first-order valence-electron chi connectivity index (χ1n) is 9.81. The normalized spacial score (nSPS) is 10.5. The van der Waals surface area contributed by atoms with Crippen LogP contribution >= 0.6 is 0 Å². The third-order valence-corrected chi connectivity index (χ3v) is 4.48. The van der Waals surface area contributed by atoms with Crippen LogP contribution in [-0.2, 0) is 24.1 Å². The summed E-state index contributed by atoms with van der Waals surface area (Å²) >= 11 is 0. The van der Waals surface area contributed by atoms with E-state index in [2.05, 4.69) is 30.4 Å². The molecule has 27 heavy (non-hydrogen) atoms. The lowest BCUT2D eigenvalue weighted by Gasteiger charge is -2.16. The number of methoxy groups -OCH3 is 1. The van der Waals surface area contributed by atoms with Gasteiger partial charge in [0.1, 0.15) is 11.5 Å². The predicted molar refractivity (Wildman–Crippen MR) is 110 cm³/mol. The van der Waals surface area contributed by atoms with Gasteiger partial charge < -0.3 is 14.8 Å². The van der Waals surface area contributed by atoms with Crippen LogP contribution in [0.1, 0.15) is 43.4 Å². The van der Waals surface area contributed by atoms with Crippen LogP contribution < -0.4 is 14.8 Å². The van der Waals surface area contributed by atoms with E-state index in [0.717, 1.165) is 36.3 Å². The summed E-state index contributed by atoms with van der Waals surface area (Å²) in [5.41, 5.74) is 3.47. The van der Waals surface area contributed by atoms with E-state index in [9.17, 15) is 4.79 Å². The van der Waals surface area contributed by atoms with E-state index >= 15 is 0 Å². The van der Waals surface area contributed by atoms with Crippen LogP contribution in [-0.4, -0.2) is 26.2 Å². The summed E-state index contributed by atoms with van der Waals surface area (Å²) in [6.45, 7) is 5.36. The maximum atomic E-state index is 12.2. The topological polar surface area (TPSA) is 47.6 Å². The Bertz CT molecular complexity index is 713. The number of aryl methyl sites for hydroxylation is 2. The summed E-state index contributed by atoms with van der Waals surface area (Å²) in [6.07, 6.45) is 3.95. The minimum atomic E-state index is 0.0706. The van der Waals surface area contributed by atoms with Gasteiger partial charge in [0.15, 0.2) is 0 Å². The molecule has 0 aromatic heterocycles. The second-order valence-corrected chi connectivity index (χ2v) is 6.54. The SMILES string of the molecule is CCCc1cc(CCC(=O)NCCc2ccccc2)c(OCC)cc1OC. The molecule has 0 fully saturated rings. The van der Waals surface area contributed by atoms with Gasteiger partial charge in [0.25, 0.3) is 0 Å². The number of ether oxygens (including phenoxy) is 2. The minimum Gasteiger partial charge on any atom is -0.496 e. The molecule has 0 aliphatic rings. The Kier molecular flexibility index (Phi) is 8.69. The van der Waals surface area contributed by atoms with Gasteiger partial charge in [0.05, 0.1) is 13.7 Å². The van der Waals surface area contributed by atoms with E-state index in [-0.39, 0.29) is 5.91 Å². The monoisotopic (exact) mass is 369 g/mol. The molecule has 4 nitrogen and oxygen atoms in total. The van der Waals surface area contributed by atoms with Crippen LogP contribution in [0.2, 0.25) is 0 Å². The molecule has 0 bridgehead atoms. The molecule has 1 N–H and O–H groups in total. The van der Waals surface area contributed by atoms with Gasteiger partial charge in [-0.05, 0) is 48.9 Å². The van der Waals surface area contributed by atoms with Crippen LogP contribution in [0.15, 0.2) is 42.5 Å². The molecular formula is C23H31NO3. The van der Waals surface area contributed by atoms with Crippen LogP contribution in [0.4, 0.5) is 0 Å². The van der Waals surface area contributed by atoms with Crippen molar-refractivity contribution in [2.75, 3.05) is 20.3 Å². The van der Waals surface area contributed by atoms with Crippen LogP contribution in [0.25, 0.3) is 0 Å². The summed E-state index contributed by atoms with van der Waals surface area (Å²) in [7, 11) is 1.68. The number of hydrogen-bond acceptors (Lipinski definition) is 3. The fourth-order valence-corrected chi connectivity index (χ4v) is 3.12.